The molecule has 1 aliphatic rings. The topological polar surface area (TPSA) is 129 Å². The molecule has 196 valence electrons. The van der Waals surface area contributed by atoms with Crippen molar-refractivity contribution in [1.82, 2.24) is 19.9 Å². The summed E-state index contributed by atoms with van der Waals surface area (Å²) in [6, 6.07) is 3.15. The van der Waals surface area contributed by atoms with Crippen molar-refractivity contribution in [3.8, 4) is 22.1 Å². The number of carbonyl (C=O) groups is 1. The molecule has 4 heterocycles. The Morgan fingerprint density at radius 1 is 1.08 bits per heavy atom. The summed E-state index contributed by atoms with van der Waals surface area (Å²) in [6.45, 7) is 11.1. The van der Waals surface area contributed by atoms with Gasteiger partial charge in [0.2, 0.25) is 0 Å². The van der Waals surface area contributed by atoms with Gasteiger partial charge in [0.15, 0.2) is 0 Å². The van der Waals surface area contributed by atoms with Gasteiger partial charge in [-0.2, -0.15) is 0 Å². The zero-order chi connectivity index (χ0) is 27.3. The maximum atomic E-state index is 13.2. The van der Waals surface area contributed by atoms with Gasteiger partial charge in [0, 0.05) is 16.3 Å². The third-order valence-electron chi connectivity index (χ3n) is 5.52. The van der Waals surface area contributed by atoms with Gasteiger partial charge in [-0.3, -0.25) is 4.90 Å². The highest BCUT2D eigenvalue weighted by atomic mass is 32.1. The molecule has 9 nitrogen and oxygen atoms in total. The van der Waals surface area contributed by atoms with Crippen LogP contribution < -0.4 is 11.5 Å². The van der Waals surface area contributed by atoms with Crippen LogP contribution in [0.5, 0.6) is 0 Å². The molecule has 1 fully saturated rings. The second kappa shape index (κ2) is 9.95. The SMILES string of the molecule is C[C@H]1OC(C)(C)N(C(=O)OC(C)(C)C)[C@@H]1c1nc(-c2nc(-c3nc(C(N)=S)cs3)ccc2C(N)=S)cs1. The molecule has 4 N–H and O–H groups in total. The van der Waals surface area contributed by atoms with E-state index in [1.165, 1.54) is 22.7 Å². The molecule has 0 unspecified atom stereocenters. The van der Waals surface area contributed by atoms with Gasteiger partial charge in [0.25, 0.3) is 0 Å². The largest absolute Gasteiger partial charge is 0.444 e. The van der Waals surface area contributed by atoms with Gasteiger partial charge in [-0.15, -0.1) is 22.7 Å². The smallest absolute Gasteiger partial charge is 0.413 e. The fraction of sp³-hybridized carbons (Fsp3) is 0.417. The molecule has 1 aliphatic heterocycles. The number of nitrogens with two attached hydrogens (primary N) is 2. The number of hydrogen-bond donors (Lipinski definition) is 2. The summed E-state index contributed by atoms with van der Waals surface area (Å²) in [4.78, 5) is 29.4. The summed E-state index contributed by atoms with van der Waals surface area (Å²) in [5.41, 5.74) is 13.0. The second-order valence-corrected chi connectivity index (χ2v) is 12.6. The number of hydrogen-bond acceptors (Lipinski definition) is 10. The van der Waals surface area contributed by atoms with Crippen molar-refractivity contribution < 1.29 is 14.3 Å². The minimum Gasteiger partial charge on any atom is -0.444 e. The first-order valence-electron chi connectivity index (χ1n) is 11.4. The first-order valence-corrected chi connectivity index (χ1v) is 14.0. The summed E-state index contributed by atoms with van der Waals surface area (Å²) >= 11 is 13.1. The van der Waals surface area contributed by atoms with Crippen LogP contribution in [0.3, 0.4) is 0 Å². The number of thiazole rings is 2. The standard InChI is InChI=1S/C24H28N6O3S4/c1-11-17(30(24(5,6)32-11)22(31)33-23(2,3)4)21-28-14(9-37-21)16-12(18(25)34)7-8-13(27-16)20-29-15(10-36-20)19(26)35/h7-11,17H,1-6H3,(H2,25,34)(H2,26,35)/t11-,17+/m1/s1. The lowest BCUT2D eigenvalue weighted by molar-refractivity contribution is -0.0757. The Morgan fingerprint density at radius 3 is 2.38 bits per heavy atom. The molecule has 0 spiro atoms. The number of thiocarbonyl (C=S) groups is 2. The number of rotatable bonds is 5. The Hall–Kier alpha value is -2.58. The molecule has 3 aromatic rings. The molecule has 0 aromatic carbocycles. The minimum absolute atomic E-state index is 0.195. The molecular weight excluding hydrogens is 549 g/mol. The predicted octanol–water partition coefficient (Wildman–Crippen LogP) is 5.03. The van der Waals surface area contributed by atoms with E-state index in [-0.39, 0.29) is 16.1 Å². The molecule has 0 bridgehead atoms. The number of ether oxygens (including phenoxy) is 2. The van der Waals surface area contributed by atoms with E-state index in [0.29, 0.717) is 38.4 Å². The Kier molecular flexibility index (Phi) is 7.38. The lowest BCUT2D eigenvalue weighted by Gasteiger charge is -2.34. The average molecular weight is 577 g/mol. The van der Waals surface area contributed by atoms with E-state index in [1.54, 1.807) is 22.4 Å². The second-order valence-electron chi connectivity index (χ2n) is 9.99. The van der Waals surface area contributed by atoms with Gasteiger partial charge in [0.1, 0.15) is 54.4 Å². The van der Waals surface area contributed by atoms with Crippen LogP contribution in [0.15, 0.2) is 22.9 Å². The van der Waals surface area contributed by atoms with Gasteiger partial charge in [-0.1, -0.05) is 24.4 Å². The molecular formula is C24H28N6O3S4. The number of aromatic nitrogens is 3. The number of nitrogens with zero attached hydrogens (tertiary/aromatic N) is 4. The van der Waals surface area contributed by atoms with Crippen LogP contribution in [0.2, 0.25) is 0 Å². The summed E-state index contributed by atoms with van der Waals surface area (Å²) < 4.78 is 11.8. The highest BCUT2D eigenvalue weighted by molar-refractivity contribution is 7.81. The highest BCUT2D eigenvalue weighted by Gasteiger charge is 2.51. The van der Waals surface area contributed by atoms with Crippen LogP contribution in [-0.2, 0) is 9.47 Å². The Balaban J connectivity index is 1.75. The van der Waals surface area contributed by atoms with Crippen molar-refractivity contribution in [3.05, 3.63) is 39.2 Å². The summed E-state index contributed by atoms with van der Waals surface area (Å²) in [5, 5.41) is 5.00. The van der Waals surface area contributed by atoms with Gasteiger partial charge >= 0.3 is 6.09 Å². The Bertz CT molecular complexity index is 1380. The van der Waals surface area contributed by atoms with Crippen molar-refractivity contribution in [2.24, 2.45) is 11.5 Å². The van der Waals surface area contributed by atoms with Crippen LogP contribution in [0.4, 0.5) is 4.79 Å². The first-order chi connectivity index (χ1) is 17.2. The summed E-state index contributed by atoms with van der Waals surface area (Å²) in [7, 11) is 0. The van der Waals surface area contributed by atoms with Crippen molar-refractivity contribution in [1.29, 1.82) is 0 Å². The highest BCUT2D eigenvalue weighted by Crippen LogP contribution is 2.44. The van der Waals surface area contributed by atoms with E-state index in [0.717, 1.165) is 0 Å². The minimum atomic E-state index is -0.882. The third-order valence-corrected chi connectivity index (χ3v) is 7.73. The molecule has 1 saturated heterocycles. The lowest BCUT2D eigenvalue weighted by atomic mass is 10.1. The van der Waals surface area contributed by atoms with E-state index in [9.17, 15) is 4.79 Å². The zero-order valence-corrected chi connectivity index (χ0v) is 24.5. The number of amides is 1. The third kappa shape index (κ3) is 5.65. The van der Waals surface area contributed by atoms with Crippen LogP contribution in [0, 0.1) is 0 Å². The number of pyridine rings is 1. The molecule has 0 radical (unpaired) electrons. The van der Waals surface area contributed by atoms with E-state index in [4.69, 9.17) is 55.3 Å². The Morgan fingerprint density at radius 2 is 1.78 bits per heavy atom. The lowest BCUT2D eigenvalue weighted by Crippen LogP contribution is -2.47. The van der Waals surface area contributed by atoms with Gasteiger partial charge in [-0.05, 0) is 53.7 Å². The maximum Gasteiger partial charge on any atom is 0.413 e. The van der Waals surface area contributed by atoms with Gasteiger partial charge in [-0.25, -0.2) is 19.7 Å². The number of carbonyl (C=O) groups excluding carboxylic acids is 1. The van der Waals surface area contributed by atoms with Crippen molar-refractivity contribution in [3.63, 3.8) is 0 Å². The molecule has 13 heteroatoms. The van der Waals surface area contributed by atoms with E-state index in [1.807, 2.05) is 46.9 Å². The van der Waals surface area contributed by atoms with Gasteiger partial charge < -0.3 is 20.9 Å². The molecule has 4 rings (SSSR count). The van der Waals surface area contributed by atoms with Crippen molar-refractivity contribution >= 4 is 63.2 Å². The van der Waals surface area contributed by atoms with Crippen LogP contribution in [0.25, 0.3) is 22.1 Å². The normalized spacial score (nSPS) is 19.1. The van der Waals surface area contributed by atoms with Crippen molar-refractivity contribution in [2.75, 3.05) is 0 Å². The average Bonchev–Trinajstić information content (AvgIpc) is 3.49. The molecule has 0 aliphatic carbocycles. The van der Waals surface area contributed by atoms with Crippen molar-refractivity contribution in [2.45, 2.75) is 65.0 Å². The maximum absolute atomic E-state index is 13.2. The first kappa shape index (κ1) is 27.5. The quantitative estimate of drug-likeness (QED) is 0.399. The molecule has 37 heavy (non-hydrogen) atoms. The monoisotopic (exact) mass is 576 g/mol. The van der Waals surface area contributed by atoms with E-state index in [2.05, 4.69) is 4.98 Å². The van der Waals surface area contributed by atoms with Crippen LogP contribution in [0.1, 0.15) is 63.8 Å². The fourth-order valence-electron chi connectivity index (χ4n) is 4.09. The van der Waals surface area contributed by atoms with Gasteiger partial charge in [0.05, 0.1) is 11.8 Å². The molecule has 0 saturated carbocycles. The molecule has 1 amide bonds. The molecule has 2 atom stereocenters. The van der Waals surface area contributed by atoms with E-state index < -0.39 is 23.5 Å². The van der Waals surface area contributed by atoms with Crippen LogP contribution in [-0.4, -0.2) is 53.4 Å². The zero-order valence-electron chi connectivity index (χ0n) is 21.3. The molecule has 3 aromatic heterocycles. The van der Waals surface area contributed by atoms with E-state index >= 15 is 0 Å². The predicted molar refractivity (Wildman–Crippen MR) is 154 cm³/mol. The fourth-order valence-corrected chi connectivity index (χ4v) is 6.20. The summed E-state index contributed by atoms with van der Waals surface area (Å²) in [6.07, 6.45) is -0.783. The summed E-state index contributed by atoms with van der Waals surface area (Å²) in [5.74, 6) is 0. The Labute approximate surface area is 234 Å². The van der Waals surface area contributed by atoms with Crippen LogP contribution >= 0.6 is 47.1 Å².